The van der Waals surface area contributed by atoms with Crippen molar-refractivity contribution in [3.8, 4) is 17.1 Å². The highest BCUT2D eigenvalue weighted by molar-refractivity contribution is 5.89. The van der Waals surface area contributed by atoms with Crippen molar-refractivity contribution in [3.05, 3.63) is 47.9 Å². The van der Waals surface area contributed by atoms with Gasteiger partial charge in [-0.25, -0.2) is 9.18 Å². The SMILES string of the molecule is COC(=O)c1ccc2nnc(-c3ccc(O)cc3F)n2c1. The van der Waals surface area contributed by atoms with Crippen LogP contribution in [0.3, 0.4) is 0 Å². The number of pyridine rings is 1. The summed E-state index contributed by atoms with van der Waals surface area (Å²) in [7, 11) is 1.28. The molecule has 0 aliphatic rings. The van der Waals surface area contributed by atoms with E-state index in [1.807, 2.05) is 0 Å². The van der Waals surface area contributed by atoms with E-state index in [0.717, 1.165) is 6.07 Å². The molecule has 7 heteroatoms. The molecular weight excluding hydrogens is 277 g/mol. The number of methoxy groups -OCH3 is 1. The van der Waals surface area contributed by atoms with Crippen LogP contribution in [-0.2, 0) is 4.74 Å². The molecule has 0 saturated heterocycles. The third-order valence-corrected chi connectivity index (χ3v) is 3.02. The quantitative estimate of drug-likeness (QED) is 0.730. The van der Waals surface area contributed by atoms with E-state index in [0.29, 0.717) is 11.2 Å². The number of hydrogen-bond donors (Lipinski definition) is 1. The third-order valence-electron chi connectivity index (χ3n) is 3.02. The molecular formula is C14H10FN3O3. The first-order chi connectivity index (χ1) is 10.1. The van der Waals surface area contributed by atoms with Crippen molar-refractivity contribution in [1.29, 1.82) is 0 Å². The van der Waals surface area contributed by atoms with Gasteiger partial charge in [0.1, 0.15) is 11.6 Å². The highest BCUT2D eigenvalue weighted by Crippen LogP contribution is 2.25. The van der Waals surface area contributed by atoms with Gasteiger partial charge in [-0.3, -0.25) is 4.40 Å². The van der Waals surface area contributed by atoms with Crippen LogP contribution in [0.2, 0.25) is 0 Å². The molecule has 0 atom stereocenters. The maximum atomic E-state index is 13.9. The average Bonchev–Trinajstić information content (AvgIpc) is 2.89. The fourth-order valence-corrected chi connectivity index (χ4v) is 2.00. The van der Waals surface area contributed by atoms with Crippen LogP contribution in [0.15, 0.2) is 36.5 Å². The molecule has 0 bridgehead atoms. The molecule has 106 valence electrons. The number of carbonyl (C=O) groups is 1. The monoisotopic (exact) mass is 287 g/mol. The lowest BCUT2D eigenvalue weighted by Crippen LogP contribution is -2.03. The van der Waals surface area contributed by atoms with Crippen molar-refractivity contribution < 1.29 is 19.0 Å². The molecule has 0 radical (unpaired) electrons. The molecule has 0 fully saturated rings. The van der Waals surface area contributed by atoms with Crippen LogP contribution in [0.25, 0.3) is 17.0 Å². The Morgan fingerprint density at radius 2 is 2.10 bits per heavy atom. The summed E-state index contributed by atoms with van der Waals surface area (Å²) in [5.74, 6) is -1.09. The van der Waals surface area contributed by atoms with Gasteiger partial charge in [0.05, 0.1) is 18.2 Å². The van der Waals surface area contributed by atoms with E-state index in [-0.39, 0.29) is 17.1 Å². The smallest absolute Gasteiger partial charge is 0.339 e. The Bertz CT molecular complexity index is 845. The first-order valence-corrected chi connectivity index (χ1v) is 6.02. The number of benzene rings is 1. The van der Waals surface area contributed by atoms with Gasteiger partial charge < -0.3 is 9.84 Å². The lowest BCUT2D eigenvalue weighted by Gasteiger charge is -2.04. The summed E-state index contributed by atoms with van der Waals surface area (Å²) in [6.45, 7) is 0. The Labute approximate surface area is 118 Å². The summed E-state index contributed by atoms with van der Waals surface area (Å²) >= 11 is 0. The van der Waals surface area contributed by atoms with E-state index in [2.05, 4.69) is 14.9 Å². The third kappa shape index (κ3) is 2.18. The number of fused-ring (bicyclic) bond motifs is 1. The minimum absolute atomic E-state index is 0.169. The lowest BCUT2D eigenvalue weighted by molar-refractivity contribution is 0.0600. The topological polar surface area (TPSA) is 76.7 Å². The van der Waals surface area contributed by atoms with Gasteiger partial charge in [-0.05, 0) is 24.3 Å². The molecule has 2 heterocycles. The molecule has 0 aliphatic carbocycles. The second-order valence-corrected chi connectivity index (χ2v) is 4.33. The number of ether oxygens (including phenoxy) is 1. The lowest BCUT2D eigenvalue weighted by atomic mass is 10.2. The highest BCUT2D eigenvalue weighted by atomic mass is 19.1. The number of phenolic OH excluding ortho intramolecular Hbond substituents is 1. The predicted octanol–water partition coefficient (Wildman–Crippen LogP) is 2.03. The van der Waals surface area contributed by atoms with E-state index < -0.39 is 11.8 Å². The summed E-state index contributed by atoms with van der Waals surface area (Å²) in [6.07, 6.45) is 1.47. The van der Waals surface area contributed by atoms with Gasteiger partial charge in [0, 0.05) is 12.3 Å². The maximum Gasteiger partial charge on any atom is 0.339 e. The van der Waals surface area contributed by atoms with Crippen molar-refractivity contribution in [2.45, 2.75) is 0 Å². The number of aromatic hydroxyl groups is 1. The van der Waals surface area contributed by atoms with Crippen LogP contribution in [0.1, 0.15) is 10.4 Å². The van der Waals surface area contributed by atoms with E-state index in [1.54, 1.807) is 12.1 Å². The fraction of sp³-hybridized carbons (Fsp3) is 0.0714. The first-order valence-electron chi connectivity index (χ1n) is 6.02. The zero-order valence-electron chi connectivity index (χ0n) is 10.9. The van der Waals surface area contributed by atoms with Crippen molar-refractivity contribution in [3.63, 3.8) is 0 Å². The van der Waals surface area contributed by atoms with Gasteiger partial charge in [-0.15, -0.1) is 10.2 Å². The number of nitrogens with zero attached hydrogens (tertiary/aromatic N) is 3. The number of aromatic nitrogens is 3. The number of halogens is 1. The van der Waals surface area contributed by atoms with Gasteiger partial charge in [0.2, 0.25) is 0 Å². The Morgan fingerprint density at radius 1 is 1.29 bits per heavy atom. The van der Waals surface area contributed by atoms with Crippen molar-refractivity contribution in [1.82, 2.24) is 14.6 Å². The van der Waals surface area contributed by atoms with Crippen LogP contribution in [0.5, 0.6) is 5.75 Å². The van der Waals surface area contributed by atoms with Crippen LogP contribution < -0.4 is 0 Å². The molecule has 1 aromatic carbocycles. The standard InChI is InChI=1S/C14H10FN3O3/c1-21-14(20)8-2-5-12-16-17-13(18(12)7-8)10-4-3-9(19)6-11(10)15/h2-7,19H,1H3. The molecule has 0 saturated carbocycles. The number of esters is 1. The number of phenols is 1. The van der Waals surface area contributed by atoms with E-state index in [1.165, 1.54) is 29.8 Å². The molecule has 6 nitrogen and oxygen atoms in total. The number of hydrogen-bond acceptors (Lipinski definition) is 5. The van der Waals surface area contributed by atoms with Crippen molar-refractivity contribution >= 4 is 11.6 Å². The van der Waals surface area contributed by atoms with Gasteiger partial charge >= 0.3 is 5.97 Å². The van der Waals surface area contributed by atoms with Crippen LogP contribution in [0.4, 0.5) is 4.39 Å². The number of carbonyl (C=O) groups excluding carboxylic acids is 1. The largest absolute Gasteiger partial charge is 0.508 e. The second kappa shape index (κ2) is 4.86. The van der Waals surface area contributed by atoms with Gasteiger partial charge in [-0.2, -0.15) is 0 Å². The number of rotatable bonds is 2. The van der Waals surface area contributed by atoms with Gasteiger partial charge in [0.15, 0.2) is 11.5 Å². The zero-order valence-corrected chi connectivity index (χ0v) is 10.9. The molecule has 1 N–H and O–H groups in total. The Balaban J connectivity index is 2.20. The van der Waals surface area contributed by atoms with Crippen LogP contribution in [0, 0.1) is 5.82 Å². The summed E-state index contributed by atoms with van der Waals surface area (Å²) in [6, 6.07) is 6.87. The van der Waals surface area contributed by atoms with E-state index in [9.17, 15) is 14.3 Å². The molecule has 3 aromatic rings. The summed E-state index contributed by atoms with van der Waals surface area (Å²) in [4.78, 5) is 11.6. The minimum atomic E-state index is -0.632. The normalized spacial score (nSPS) is 10.8. The summed E-state index contributed by atoms with van der Waals surface area (Å²) < 4.78 is 20.1. The molecule has 0 amide bonds. The Hall–Kier alpha value is -2.96. The fourth-order valence-electron chi connectivity index (χ4n) is 2.00. The van der Waals surface area contributed by atoms with Crippen molar-refractivity contribution in [2.24, 2.45) is 0 Å². The predicted molar refractivity (Wildman–Crippen MR) is 71.4 cm³/mol. The van der Waals surface area contributed by atoms with Gasteiger partial charge in [-0.1, -0.05) is 0 Å². The highest BCUT2D eigenvalue weighted by Gasteiger charge is 2.15. The molecule has 0 spiro atoms. The Morgan fingerprint density at radius 3 is 2.81 bits per heavy atom. The van der Waals surface area contributed by atoms with E-state index >= 15 is 0 Å². The van der Waals surface area contributed by atoms with Gasteiger partial charge in [0.25, 0.3) is 0 Å². The van der Waals surface area contributed by atoms with Crippen LogP contribution >= 0.6 is 0 Å². The van der Waals surface area contributed by atoms with E-state index in [4.69, 9.17) is 0 Å². The average molecular weight is 287 g/mol. The molecule has 3 rings (SSSR count). The minimum Gasteiger partial charge on any atom is -0.508 e. The maximum absolute atomic E-state index is 13.9. The molecule has 0 aliphatic heterocycles. The Kier molecular flexibility index (Phi) is 3.02. The first kappa shape index (κ1) is 13.0. The summed E-state index contributed by atoms with van der Waals surface area (Å²) in [5, 5.41) is 17.1. The second-order valence-electron chi connectivity index (χ2n) is 4.33. The molecule has 0 unspecified atom stereocenters. The van der Waals surface area contributed by atoms with Crippen LogP contribution in [-0.4, -0.2) is 32.8 Å². The van der Waals surface area contributed by atoms with Crippen molar-refractivity contribution in [2.75, 3.05) is 7.11 Å². The molecule has 2 aromatic heterocycles. The zero-order chi connectivity index (χ0) is 15.0. The summed E-state index contributed by atoms with van der Waals surface area (Å²) in [5.41, 5.74) is 0.928. The molecule has 21 heavy (non-hydrogen) atoms.